The Kier molecular flexibility index (Phi) is 8.19. The average Bonchev–Trinajstić information content (AvgIpc) is 2.81. The van der Waals surface area contributed by atoms with Gasteiger partial charge in [-0.05, 0) is 56.2 Å². The zero-order chi connectivity index (χ0) is 25.8. The molecule has 2 N–H and O–H groups in total. The molecule has 0 aliphatic carbocycles. The van der Waals surface area contributed by atoms with Crippen LogP contribution in [0.15, 0.2) is 72.8 Å². The topological polar surface area (TPSA) is 95.6 Å². The zero-order valence-electron chi connectivity index (χ0n) is 19.9. The molecular weight excluding hydrogens is 486 g/mol. The maximum Gasteiger partial charge on any atom is 0.253 e. The van der Waals surface area contributed by atoms with E-state index < -0.39 is 22.0 Å². The normalized spacial score (nSPS) is 12.9. The molecule has 184 valence electrons. The summed E-state index contributed by atoms with van der Waals surface area (Å²) in [4.78, 5) is 26.2. The Morgan fingerprint density at radius 3 is 2.23 bits per heavy atom. The van der Waals surface area contributed by atoms with Gasteiger partial charge in [0.2, 0.25) is 15.9 Å². The van der Waals surface area contributed by atoms with Crippen molar-refractivity contribution in [1.82, 2.24) is 5.32 Å². The van der Waals surface area contributed by atoms with E-state index in [4.69, 9.17) is 11.6 Å². The van der Waals surface area contributed by atoms with Crippen molar-refractivity contribution in [3.63, 3.8) is 0 Å². The number of nitrogens with zero attached hydrogens (tertiary/aromatic N) is 1. The molecule has 9 heteroatoms. The van der Waals surface area contributed by atoms with Gasteiger partial charge in [-0.2, -0.15) is 0 Å². The Labute approximate surface area is 211 Å². The summed E-state index contributed by atoms with van der Waals surface area (Å²) in [5.41, 5.74) is 2.44. The van der Waals surface area contributed by atoms with E-state index >= 15 is 0 Å². The first-order valence-electron chi connectivity index (χ1n) is 11.0. The van der Waals surface area contributed by atoms with Crippen LogP contribution in [-0.4, -0.2) is 32.5 Å². The van der Waals surface area contributed by atoms with E-state index in [0.717, 1.165) is 16.1 Å². The molecular formula is C26H28ClN3O4S. The molecule has 0 saturated carbocycles. The number of hydrogen-bond donors (Lipinski definition) is 2. The number of carbonyl (C=O) groups is 2. The molecule has 0 aromatic heterocycles. The Morgan fingerprint density at radius 2 is 1.57 bits per heavy atom. The van der Waals surface area contributed by atoms with Crippen molar-refractivity contribution in [2.24, 2.45) is 0 Å². The van der Waals surface area contributed by atoms with Gasteiger partial charge in [0.15, 0.2) is 0 Å². The molecule has 3 aromatic carbocycles. The standard InChI is InChI=1S/C26H28ClN3O4S/c1-17-14-15-21(27)16-24(17)30(35(4,33)34)19(3)25(31)29-23-13-9-8-12-22(23)26(32)28-18(2)20-10-6-5-7-11-20/h5-16,18-19H,1-4H3,(H,28,32)(H,29,31)/t18-,19-/m0/s1. The predicted octanol–water partition coefficient (Wildman–Crippen LogP) is 4.93. The van der Waals surface area contributed by atoms with E-state index in [1.165, 1.54) is 13.0 Å². The minimum absolute atomic E-state index is 0.252. The van der Waals surface area contributed by atoms with Gasteiger partial charge in [-0.1, -0.05) is 60.1 Å². The van der Waals surface area contributed by atoms with Crippen LogP contribution in [0.4, 0.5) is 11.4 Å². The fourth-order valence-electron chi connectivity index (χ4n) is 3.73. The van der Waals surface area contributed by atoms with Crippen molar-refractivity contribution in [2.45, 2.75) is 32.9 Å². The molecule has 3 aromatic rings. The highest BCUT2D eigenvalue weighted by molar-refractivity contribution is 7.92. The zero-order valence-corrected chi connectivity index (χ0v) is 21.5. The van der Waals surface area contributed by atoms with Crippen LogP contribution in [0.5, 0.6) is 0 Å². The molecule has 2 atom stereocenters. The van der Waals surface area contributed by atoms with Crippen molar-refractivity contribution in [3.8, 4) is 0 Å². The number of benzene rings is 3. The van der Waals surface area contributed by atoms with Crippen LogP contribution in [0.2, 0.25) is 5.02 Å². The lowest BCUT2D eigenvalue weighted by atomic mass is 10.1. The third-order valence-electron chi connectivity index (χ3n) is 5.57. The minimum Gasteiger partial charge on any atom is -0.345 e. The van der Waals surface area contributed by atoms with Gasteiger partial charge in [0, 0.05) is 5.02 Å². The molecule has 0 spiro atoms. The maximum atomic E-state index is 13.2. The van der Waals surface area contributed by atoms with Gasteiger partial charge in [0.25, 0.3) is 5.91 Å². The number of aryl methyl sites for hydroxylation is 1. The molecule has 0 aliphatic heterocycles. The van der Waals surface area contributed by atoms with Gasteiger partial charge in [0.05, 0.1) is 29.2 Å². The second-order valence-electron chi connectivity index (χ2n) is 8.31. The van der Waals surface area contributed by atoms with Crippen LogP contribution < -0.4 is 14.9 Å². The third kappa shape index (κ3) is 6.41. The van der Waals surface area contributed by atoms with Crippen molar-refractivity contribution >= 4 is 44.8 Å². The molecule has 2 amide bonds. The highest BCUT2D eigenvalue weighted by Crippen LogP contribution is 2.29. The van der Waals surface area contributed by atoms with Crippen LogP contribution in [0, 0.1) is 6.92 Å². The van der Waals surface area contributed by atoms with Crippen molar-refractivity contribution in [1.29, 1.82) is 0 Å². The fourth-order valence-corrected chi connectivity index (χ4v) is 5.12. The predicted molar refractivity (Wildman–Crippen MR) is 140 cm³/mol. The van der Waals surface area contributed by atoms with Crippen LogP contribution in [0.3, 0.4) is 0 Å². The first-order chi connectivity index (χ1) is 16.5. The second kappa shape index (κ2) is 10.9. The van der Waals surface area contributed by atoms with Gasteiger partial charge < -0.3 is 10.6 Å². The van der Waals surface area contributed by atoms with Gasteiger partial charge in [-0.15, -0.1) is 0 Å². The number of carbonyl (C=O) groups excluding carboxylic acids is 2. The summed E-state index contributed by atoms with van der Waals surface area (Å²) >= 11 is 6.10. The number of rotatable bonds is 8. The molecule has 7 nitrogen and oxygen atoms in total. The van der Waals surface area contributed by atoms with Crippen LogP contribution in [0.25, 0.3) is 0 Å². The lowest BCUT2D eigenvalue weighted by Gasteiger charge is -2.29. The number of hydrogen-bond acceptors (Lipinski definition) is 4. The fraction of sp³-hybridized carbons (Fsp3) is 0.231. The number of halogens is 1. The average molecular weight is 514 g/mol. The highest BCUT2D eigenvalue weighted by atomic mass is 35.5. The molecule has 3 rings (SSSR count). The van der Waals surface area contributed by atoms with E-state index in [1.54, 1.807) is 43.3 Å². The van der Waals surface area contributed by atoms with Crippen LogP contribution >= 0.6 is 11.6 Å². The van der Waals surface area contributed by atoms with Crippen molar-refractivity contribution in [2.75, 3.05) is 15.9 Å². The third-order valence-corrected chi connectivity index (χ3v) is 7.04. The van der Waals surface area contributed by atoms with Gasteiger partial charge in [0.1, 0.15) is 6.04 Å². The summed E-state index contributed by atoms with van der Waals surface area (Å²) in [5, 5.41) is 6.00. The van der Waals surface area contributed by atoms with Gasteiger partial charge >= 0.3 is 0 Å². The largest absolute Gasteiger partial charge is 0.345 e. The minimum atomic E-state index is -3.83. The summed E-state index contributed by atoms with van der Waals surface area (Å²) in [6.45, 7) is 5.09. The molecule has 0 radical (unpaired) electrons. The van der Waals surface area contributed by atoms with Gasteiger partial charge in [-0.3, -0.25) is 13.9 Å². The van der Waals surface area contributed by atoms with E-state index in [9.17, 15) is 18.0 Å². The smallest absolute Gasteiger partial charge is 0.253 e. The molecule has 0 unspecified atom stereocenters. The molecule has 0 saturated heterocycles. The summed E-state index contributed by atoms with van der Waals surface area (Å²) < 4.78 is 26.4. The van der Waals surface area contributed by atoms with Gasteiger partial charge in [-0.25, -0.2) is 8.42 Å². The Hall–Kier alpha value is -3.36. The highest BCUT2D eigenvalue weighted by Gasteiger charge is 2.31. The molecule has 35 heavy (non-hydrogen) atoms. The van der Waals surface area contributed by atoms with Crippen LogP contribution in [0.1, 0.15) is 41.4 Å². The Bertz CT molecular complexity index is 1330. The maximum absolute atomic E-state index is 13.2. The molecule has 0 bridgehead atoms. The monoisotopic (exact) mass is 513 g/mol. The number of para-hydroxylation sites is 1. The molecule has 0 heterocycles. The van der Waals surface area contributed by atoms with Crippen LogP contribution in [-0.2, 0) is 14.8 Å². The lowest BCUT2D eigenvalue weighted by molar-refractivity contribution is -0.116. The summed E-state index contributed by atoms with van der Waals surface area (Å²) in [7, 11) is -3.83. The van der Waals surface area contributed by atoms with E-state index in [-0.39, 0.29) is 23.2 Å². The first-order valence-corrected chi connectivity index (χ1v) is 13.2. The SMILES string of the molecule is Cc1ccc(Cl)cc1N([C@@H](C)C(=O)Nc1ccccc1C(=O)N[C@@H](C)c1ccccc1)S(C)(=O)=O. The first kappa shape index (κ1) is 26.2. The number of anilines is 2. The second-order valence-corrected chi connectivity index (χ2v) is 10.6. The van der Waals surface area contributed by atoms with Crippen molar-refractivity contribution in [3.05, 3.63) is 94.5 Å². The quantitative estimate of drug-likeness (QED) is 0.446. The molecule has 0 fully saturated rings. The summed E-state index contributed by atoms with van der Waals surface area (Å²) in [6, 6.07) is 19.6. The number of nitrogens with one attached hydrogen (secondary N) is 2. The van der Waals surface area contributed by atoms with Crippen molar-refractivity contribution < 1.29 is 18.0 Å². The number of amides is 2. The Balaban J connectivity index is 1.85. The summed E-state index contributed by atoms with van der Waals surface area (Å²) in [6.07, 6.45) is 1.03. The van der Waals surface area contributed by atoms with E-state index in [0.29, 0.717) is 16.3 Å². The van der Waals surface area contributed by atoms with E-state index in [2.05, 4.69) is 10.6 Å². The Morgan fingerprint density at radius 1 is 0.943 bits per heavy atom. The molecule has 0 aliphatic rings. The van der Waals surface area contributed by atoms with E-state index in [1.807, 2.05) is 37.3 Å². The lowest BCUT2D eigenvalue weighted by Crippen LogP contribution is -2.46. The number of sulfonamides is 1. The summed E-state index contributed by atoms with van der Waals surface area (Å²) in [5.74, 6) is -0.957.